The molecule has 0 amide bonds. The molecule has 3 heterocycles. The number of sulfonamides is 1. The van der Waals surface area contributed by atoms with Crippen molar-refractivity contribution >= 4 is 10.0 Å². The maximum atomic E-state index is 12.5. The van der Waals surface area contributed by atoms with Gasteiger partial charge in [-0.1, -0.05) is 6.92 Å². The molecule has 0 saturated carbocycles. The van der Waals surface area contributed by atoms with Gasteiger partial charge < -0.3 is 10.3 Å². The number of imidazole rings is 1. The highest BCUT2D eigenvalue weighted by Crippen LogP contribution is 2.28. The first-order valence-electron chi connectivity index (χ1n) is 6.88. The molecule has 2 aliphatic heterocycles. The summed E-state index contributed by atoms with van der Waals surface area (Å²) >= 11 is 0. The molecule has 2 unspecified atom stereocenters. The van der Waals surface area contributed by atoms with Crippen LogP contribution in [0, 0.1) is 5.92 Å². The van der Waals surface area contributed by atoms with Crippen molar-refractivity contribution in [1.29, 1.82) is 0 Å². The molecule has 0 aliphatic carbocycles. The van der Waals surface area contributed by atoms with Gasteiger partial charge in [0.25, 0.3) is 10.0 Å². The first-order chi connectivity index (χ1) is 9.11. The maximum absolute atomic E-state index is 12.5. The van der Waals surface area contributed by atoms with E-state index >= 15 is 0 Å². The van der Waals surface area contributed by atoms with E-state index in [1.54, 1.807) is 4.31 Å². The van der Waals surface area contributed by atoms with Crippen molar-refractivity contribution in [3.8, 4) is 0 Å². The third-order valence-corrected chi connectivity index (χ3v) is 5.86. The molecular weight excluding hydrogens is 264 g/mol. The van der Waals surface area contributed by atoms with Crippen LogP contribution in [0.5, 0.6) is 0 Å². The summed E-state index contributed by atoms with van der Waals surface area (Å²) in [5.74, 6) is 1.17. The Kier molecular flexibility index (Phi) is 3.36. The van der Waals surface area contributed by atoms with Crippen LogP contribution >= 0.6 is 0 Å². The van der Waals surface area contributed by atoms with Gasteiger partial charge in [0.15, 0.2) is 5.03 Å². The van der Waals surface area contributed by atoms with Crippen LogP contribution in [-0.2, 0) is 16.4 Å². The van der Waals surface area contributed by atoms with Gasteiger partial charge in [-0.05, 0) is 25.3 Å². The number of aromatic amines is 1. The largest absolute Gasteiger partial charge is 0.332 e. The van der Waals surface area contributed by atoms with E-state index in [1.807, 2.05) is 6.92 Å². The Labute approximate surface area is 113 Å². The Morgan fingerprint density at radius 3 is 3.00 bits per heavy atom. The molecule has 2 fully saturated rings. The minimum absolute atomic E-state index is 0.225. The molecule has 106 valence electrons. The number of piperidine rings is 1. The lowest BCUT2D eigenvalue weighted by atomic mass is 9.94. The monoisotopic (exact) mass is 284 g/mol. The van der Waals surface area contributed by atoms with Crippen LogP contribution in [0.1, 0.15) is 25.6 Å². The Hall–Kier alpha value is -0.920. The third-order valence-electron chi connectivity index (χ3n) is 4.12. The van der Waals surface area contributed by atoms with Gasteiger partial charge in [-0.15, -0.1) is 0 Å². The summed E-state index contributed by atoms with van der Waals surface area (Å²) in [6, 6.07) is 0.317. The van der Waals surface area contributed by atoms with E-state index in [0.29, 0.717) is 37.3 Å². The number of nitrogens with zero attached hydrogens (tertiary/aromatic N) is 2. The highest BCUT2D eigenvalue weighted by atomic mass is 32.2. The number of hydrogen-bond acceptors (Lipinski definition) is 4. The summed E-state index contributed by atoms with van der Waals surface area (Å²) in [5.41, 5.74) is 0. The summed E-state index contributed by atoms with van der Waals surface area (Å²) < 4.78 is 26.7. The predicted octanol–water partition coefficient (Wildman–Crippen LogP) is 0.345. The van der Waals surface area contributed by atoms with Crippen molar-refractivity contribution in [2.75, 3.05) is 19.6 Å². The fraction of sp³-hybridized carbons (Fsp3) is 0.750. The quantitative estimate of drug-likeness (QED) is 0.839. The van der Waals surface area contributed by atoms with E-state index in [2.05, 4.69) is 15.3 Å². The molecule has 1 aromatic rings. The van der Waals surface area contributed by atoms with E-state index < -0.39 is 10.0 Å². The molecule has 7 heteroatoms. The normalized spacial score (nSPS) is 28.5. The minimum Gasteiger partial charge on any atom is -0.332 e. The average molecular weight is 284 g/mol. The van der Waals surface area contributed by atoms with Gasteiger partial charge in [0, 0.05) is 25.6 Å². The number of rotatable bonds is 3. The number of aromatic nitrogens is 2. The molecule has 19 heavy (non-hydrogen) atoms. The van der Waals surface area contributed by atoms with Gasteiger partial charge >= 0.3 is 0 Å². The zero-order chi connectivity index (χ0) is 13.5. The molecule has 0 bridgehead atoms. The van der Waals surface area contributed by atoms with E-state index in [9.17, 15) is 8.42 Å². The first-order valence-corrected chi connectivity index (χ1v) is 8.32. The van der Waals surface area contributed by atoms with Gasteiger partial charge in [0.2, 0.25) is 0 Å². The van der Waals surface area contributed by atoms with Gasteiger partial charge in [0.05, 0.1) is 6.20 Å². The summed E-state index contributed by atoms with van der Waals surface area (Å²) in [5, 5.41) is 3.64. The Bertz CT molecular complexity index is 540. The van der Waals surface area contributed by atoms with Crippen LogP contribution in [0.25, 0.3) is 0 Å². The van der Waals surface area contributed by atoms with Gasteiger partial charge in [-0.25, -0.2) is 13.4 Å². The fourth-order valence-electron chi connectivity index (χ4n) is 3.00. The minimum atomic E-state index is -3.41. The zero-order valence-corrected chi connectivity index (χ0v) is 11.9. The molecule has 2 aliphatic rings. The lowest BCUT2D eigenvalue weighted by molar-refractivity contribution is 0.339. The van der Waals surface area contributed by atoms with Crippen molar-refractivity contribution in [2.24, 2.45) is 5.92 Å². The van der Waals surface area contributed by atoms with Crippen LogP contribution in [0.2, 0.25) is 0 Å². The molecule has 1 aromatic heterocycles. The number of H-pyrrole nitrogens is 1. The van der Waals surface area contributed by atoms with Gasteiger partial charge in [-0.2, -0.15) is 4.31 Å². The Morgan fingerprint density at radius 2 is 2.32 bits per heavy atom. The SMILES string of the molecule is CCc1ncc(S(=O)(=O)N2CC3CCCNC3C2)[nH]1. The van der Waals surface area contributed by atoms with Crippen LogP contribution in [0.4, 0.5) is 0 Å². The van der Waals surface area contributed by atoms with Crippen molar-refractivity contribution in [1.82, 2.24) is 19.6 Å². The number of aryl methyl sites for hydroxylation is 1. The number of fused-ring (bicyclic) bond motifs is 1. The second-order valence-electron chi connectivity index (χ2n) is 5.33. The maximum Gasteiger partial charge on any atom is 0.260 e. The Morgan fingerprint density at radius 1 is 1.47 bits per heavy atom. The fourth-order valence-corrected chi connectivity index (χ4v) is 4.45. The summed E-state index contributed by atoms with van der Waals surface area (Å²) in [7, 11) is -3.41. The molecule has 3 rings (SSSR count). The van der Waals surface area contributed by atoms with Crippen LogP contribution in [-0.4, -0.2) is 48.4 Å². The predicted molar refractivity (Wildman–Crippen MR) is 71.2 cm³/mol. The molecule has 0 radical (unpaired) electrons. The van der Waals surface area contributed by atoms with E-state index in [0.717, 1.165) is 19.4 Å². The summed E-state index contributed by atoms with van der Waals surface area (Å²) in [6.45, 7) is 4.15. The molecular formula is C12H20N4O2S. The molecule has 2 atom stereocenters. The van der Waals surface area contributed by atoms with Crippen molar-refractivity contribution in [3.05, 3.63) is 12.0 Å². The van der Waals surface area contributed by atoms with Gasteiger partial charge in [-0.3, -0.25) is 0 Å². The topological polar surface area (TPSA) is 78.1 Å². The highest BCUT2D eigenvalue weighted by molar-refractivity contribution is 7.89. The lowest BCUT2D eigenvalue weighted by Gasteiger charge is -2.24. The summed E-state index contributed by atoms with van der Waals surface area (Å²) in [6.07, 6.45) is 4.40. The van der Waals surface area contributed by atoms with Gasteiger partial charge in [0.1, 0.15) is 5.82 Å². The van der Waals surface area contributed by atoms with Crippen LogP contribution in [0.15, 0.2) is 11.2 Å². The Balaban J connectivity index is 1.81. The van der Waals surface area contributed by atoms with Crippen molar-refractivity contribution in [3.63, 3.8) is 0 Å². The number of hydrogen-bond donors (Lipinski definition) is 2. The standard InChI is InChI=1S/C12H20N4O2S/c1-2-11-14-6-12(15-11)19(17,18)16-7-9-4-3-5-13-10(9)8-16/h6,9-10,13H,2-5,7-8H2,1H3,(H,14,15). The second kappa shape index (κ2) is 4.88. The van der Waals surface area contributed by atoms with E-state index in [-0.39, 0.29) is 5.03 Å². The van der Waals surface area contributed by atoms with E-state index in [1.165, 1.54) is 6.20 Å². The third kappa shape index (κ3) is 2.30. The number of nitrogens with one attached hydrogen (secondary N) is 2. The zero-order valence-electron chi connectivity index (χ0n) is 11.1. The first kappa shape index (κ1) is 13.1. The van der Waals surface area contributed by atoms with Crippen molar-refractivity contribution < 1.29 is 8.42 Å². The molecule has 2 N–H and O–H groups in total. The smallest absolute Gasteiger partial charge is 0.260 e. The molecule has 0 aromatic carbocycles. The summed E-state index contributed by atoms with van der Waals surface area (Å²) in [4.78, 5) is 6.99. The average Bonchev–Trinajstić information content (AvgIpc) is 3.05. The van der Waals surface area contributed by atoms with E-state index in [4.69, 9.17) is 0 Å². The van der Waals surface area contributed by atoms with Crippen molar-refractivity contribution in [2.45, 2.75) is 37.3 Å². The molecule has 0 spiro atoms. The molecule has 2 saturated heterocycles. The lowest BCUT2D eigenvalue weighted by Crippen LogP contribution is -2.41. The van der Waals surface area contributed by atoms with Crippen LogP contribution < -0.4 is 5.32 Å². The van der Waals surface area contributed by atoms with Crippen LogP contribution in [0.3, 0.4) is 0 Å². The second-order valence-corrected chi connectivity index (χ2v) is 7.24. The molecule has 6 nitrogen and oxygen atoms in total. The highest BCUT2D eigenvalue weighted by Gasteiger charge is 2.40.